The van der Waals surface area contributed by atoms with Crippen LogP contribution in [-0.2, 0) is 16.0 Å². The van der Waals surface area contributed by atoms with Gasteiger partial charge in [0.05, 0.1) is 0 Å². The fourth-order valence-electron chi connectivity index (χ4n) is 2.53. The van der Waals surface area contributed by atoms with Crippen LogP contribution in [0.5, 0.6) is 0 Å². The van der Waals surface area contributed by atoms with Crippen molar-refractivity contribution in [3.8, 4) is 0 Å². The number of benzene rings is 2. The van der Waals surface area contributed by atoms with Gasteiger partial charge in [-0.1, -0.05) is 18.2 Å². The summed E-state index contributed by atoms with van der Waals surface area (Å²) in [6.07, 6.45) is 0.686. The molecule has 0 saturated carbocycles. The summed E-state index contributed by atoms with van der Waals surface area (Å²) in [6.45, 7) is 1.46. The number of rotatable bonds is 3. The van der Waals surface area contributed by atoms with Crippen LogP contribution in [0.15, 0.2) is 48.5 Å². The quantitative estimate of drug-likeness (QED) is 0.815. The van der Waals surface area contributed by atoms with Crippen LogP contribution >= 0.6 is 0 Å². The van der Waals surface area contributed by atoms with Gasteiger partial charge < -0.3 is 16.0 Å². The molecular weight excluding hydrogens is 278 g/mol. The van der Waals surface area contributed by atoms with Crippen LogP contribution < -0.4 is 16.0 Å². The SMILES string of the molecule is CC(=O)Nc1ccc(NC(=O)C2Cc3ccccc3N2)cc1. The molecule has 0 aromatic heterocycles. The Labute approximate surface area is 128 Å². The summed E-state index contributed by atoms with van der Waals surface area (Å²) in [5.74, 6) is -0.187. The number of nitrogens with one attached hydrogen (secondary N) is 3. The molecule has 0 radical (unpaired) electrons. The maximum Gasteiger partial charge on any atom is 0.247 e. The molecule has 0 bridgehead atoms. The lowest BCUT2D eigenvalue weighted by molar-refractivity contribution is -0.117. The molecular formula is C17H17N3O2. The minimum absolute atomic E-state index is 0.0662. The summed E-state index contributed by atoms with van der Waals surface area (Å²) in [7, 11) is 0. The van der Waals surface area contributed by atoms with Crippen LogP contribution in [0.25, 0.3) is 0 Å². The van der Waals surface area contributed by atoms with Crippen LogP contribution in [0, 0.1) is 0 Å². The van der Waals surface area contributed by atoms with E-state index in [0.717, 1.165) is 11.3 Å². The first-order valence-corrected chi connectivity index (χ1v) is 7.15. The second-order valence-corrected chi connectivity index (χ2v) is 5.31. The zero-order chi connectivity index (χ0) is 15.5. The van der Waals surface area contributed by atoms with Gasteiger partial charge in [-0.3, -0.25) is 9.59 Å². The standard InChI is InChI=1S/C17H17N3O2/c1-11(21)18-13-6-8-14(9-7-13)19-17(22)16-10-12-4-2-3-5-15(12)20-16/h2-9,16,20H,10H2,1H3,(H,18,21)(H,19,22). The van der Waals surface area contributed by atoms with Gasteiger partial charge >= 0.3 is 0 Å². The lowest BCUT2D eigenvalue weighted by atomic mass is 10.1. The van der Waals surface area contributed by atoms with Crippen molar-refractivity contribution in [1.82, 2.24) is 0 Å². The van der Waals surface area contributed by atoms with E-state index in [2.05, 4.69) is 16.0 Å². The van der Waals surface area contributed by atoms with Gasteiger partial charge in [0.1, 0.15) is 6.04 Å². The fraction of sp³-hybridized carbons (Fsp3) is 0.176. The highest BCUT2D eigenvalue weighted by molar-refractivity contribution is 5.98. The molecule has 0 aliphatic carbocycles. The summed E-state index contributed by atoms with van der Waals surface area (Å²) < 4.78 is 0. The third-order valence-electron chi connectivity index (χ3n) is 3.56. The number of fused-ring (bicyclic) bond motifs is 1. The van der Waals surface area contributed by atoms with Crippen LogP contribution in [-0.4, -0.2) is 17.9 Å². The number of anilines is 3. The summed E-state index contributed by atoms with van der Waals surface area (Å²) in [6, 6.07) is 14.7. The van der Waals surface area contributed by atoms with Crippen molar-refractivity contribution in [2.45, 2.75) is 19.4 Å². The molecule has 1 aliphatic heterocycles. The smallest absolute Gasteiger partial charge is 0.247 e. The van der Waals surface area contributed by atoms with E-state index in [4.69, 9.17) is 0 Å². The number of carbonyl (C=O) groups is 2. The molecule has 1 heterocycles. The zero-order valence-electron chi connectivity index (χ0n) is 12.2. The largest absolute Gasteiger partial charge is 0.373 e. The lowest BCUT2D eigenvalue weighted by Gasteiger charge is -2.12. The van der Waals surface area contributed by atoms with E-state index in [1.54, 1.807) is 24.3 Å². The summed E-state index contributed by atoms with van der Waals surface area (Å²) in [4.78, 5) is 23.3. The van der Waals surface area contributed by atoms with Gasteiger partial charge in [-0.25, -0.2) is 0 Å². The van der Waals surface area contributed by atoms with Crippen molar-refractivity contribution in [2.75, 3.05) is 16.0 Å². The molecule has 22 heavy (non-hydrogen) atoms. The van der Waals surface area contributed by atoms with Crippen molar-refractivity contribution < 1.29 is 9.59 Å². The van der Waals surface area contributed by atoms with E-state index in [0.29, 0.717) is 17.8 Å². The third kappa shape index (κ3) is 3.09. The normalized spacial score (nSPS) is 15.6. The van der Waals surface area contributed by atoms with Gasteiger partial charge in [-0.2, -0.15) is 0 Å². The highest BCUT2D eigenvalue weighted by Crippen LogP contribution is 2.25. The molecule has 1 atom stereocenters. The summed E-state index contributed by atoms with van der Waals surface area (Å²) in [5, 5.41) is 8.80. The molecule has 1 unspecified atom stereocenters. The molecule has 2 aromatic carbocycles. The number of hydrogen-bond donors (Lipinski definition) is 3. The minimum Gasteiger partial charge on any atom is -0.373 e. The molecule has 2 aromatic rings. The van der Waals surface area contributed by atoms with Gasteiger partial charge in [-0.05, 0) is 35.9 Å². The highest BCUT2D eigenvalue weighted by Gasteiger charge is 2.26. The molecule has 3 N–H and O–H groups in total. The minimum atomic E-state index is -0.257. The average molecular weight is 295 g/mol. The van der Waals surface area contributed by atoms with E-state index in [-0.39, 0.29) is 17.9 Å². The number of para-hydroxylation sites is 1. The number of hydrogen-bond acceptors (Lipinski definition) is 3. The van der Waals surface area contributed by atoms with Gasteiger partial charge in [-0.15, -0.1) is 0 Å². The Balaban J connectivity index is 1.62. The first kappa shape index (κ1) is 14.1. The van der Waals surface area contributed by atoms with E-state index >= 15 is 0 Å². The Bertz CT molecular complexity index is 685. The maximum atomic E-state index is 12.3. The topological polar surface area (TPSA) is 70.2 Å². The Morgan fingerprint density at radius 3 is 2.27 bits per heavy atom. The second-order valence-electron chi connectivity index (χ2n) is 5.31. The molecule has 2 amide bonds. The lowest BCUT2D eigenvalue weighted by Crippen LogP contribution is -2.32. The molecule has 0 saturated heterocycles. The monoisotopic (exact) mass is 295 g/mol. The summed E-state index contributed by atoms with van der Waals surface area (Å²) >= 11 is 0. The van der Waals surface area contributed by atoms with Crippen LogP contribution in [0.1, 0.15) is 12.5 Å². The predicted octanol–water partition coefficient (Wildman–Crippen LogP) is 2.62. The summed E-state index contributed by atoms with van der Waals surface area (Å²) in [5.41, 5.74) is 3.58. The highest BCUT2D eigenvalue weighted by atomic mass is 16.2. The van der Waals surface area contributed by atoms with Crippen LogP contribution in [0.4, 0.5) is 17.1 Å². The maximum absolute atomic E-state index is 12.3. The Kier molecular flexibility index (Phi) is 3.78. The van der Waals surface area contributed by atoms with Crippen molar-refractivity contribution in [2.24, 2.45) is 0 Å². The van der Waals surface area contributed by atoms with Crippen molar-refractivity contribution in [3.63, 3.8) is 0 Å². The molecule has 0 fully saturated rings. The van der Waals surface area contributed by atoms with Crippen molar-refractivity contribution in [3.05, 3.63) is 54.1 Å². The molecule has 5 nitrogen and oxygen atoms in total. The van der Waals surface area contributed by atoms with Crippen molar-refractivity contribution >= 4 is 28.9 Å². The van der Waals surface area contributed by atoms with E-state index in [9.17, 15) is 9.59 Å². The Morgan fingerprint density at radius 2 is 1.64 bits per heavy atom. The predicted molar refractivity (Wildman–Crippen MR) is 86.9 cm³/mol. The zero-order valence-corrected chi connectivity index (χ0v) is 12.2. The molecule has 1 aliphatic rings. The number of amides is 2. The average Bonchev–Trinajstić information content (AvgIpc) is 2.93. The molecule has 3 rings (SSSR count). The first-order valence-electron chi connectivity index (χ1n) is 7.15. The van der Waals surface area contributed by atoms with Crippen molar-refractivity contribution in [1.29, 1.82) is 0 Å². The number of carbonyl (C=O) groups excluding carboxylic acids is 2. The van der Waals surface area contributed by atoms with Gasteiger partial charge in [0.2, 0.25) is 11.8 Å². The van der Waals surface area contributed by atoms with Gasteiger partial charge in [0.25, 0.3) is 0 Å². The first-order chi connectivity index (χ1) is 10.6. The molecule has 112 valence electrons. The fourth-order valence-corrected chi connectivity index (χ4v) is 2.53. The Morgan fingerprint density at radius 1 is 1.00 bits per heavy atom. The van der Waals surface area contributed by atoms with E-state index in [1.807, 2.05) is 24.3 Å². The van der Waals surface area contributed by atoms with Gasteiger partial charge in [0, 0.05) is 30.4 Å². The second kappa shape index (κ2) is 5.89. The molecule has 5 heteroatoms. The van der Waals surface area contributed by atoms with E-state index in [1.165, 1.54) is 6.92 Å². The molecule has 0 spiro atoms. The Hall–Kier alpha value is -2.82. The van der Waals surface area contributed by atoms with Crippen LogP contribution in [0.3, 0.4) is 0 Å². The third-order valence-corrected chi connectivity index (χ3v) is 3.56. The van der Waals surface area contributed by atoms with Crippen LogP contribution in [0.2, 0.25) is 0 Å². The van der Waals surface area contributed by atoms with E-state index < -0.39 is 0 Å². The van der Waals surface area contributed by atoms with Gasteiger partial charge in [0.15, 0.2) is 0 Å².